The van der Waals surface area contributed by atoms with Crippen LogP contribution in [0.15, 0.2) is 42.5 Å². The number of carbonyl (C=O) groups excluding carboxylic acids is 2. The van der Waals surface area contributed by atoms with Crippen molar-refractivity contribution in [3.8, 4) is 17.2 Å². The molecule has 2 aliphatic rings. The molecule has 0 radical (unpaired) electrons. The van der Waals surface area contributed by atoms with Gasteiger partial charge in [-0.3, -0.25) is 14.6 Å². The van der Waals surface area contributed by atoms with E-state index in [9.17, 15) is 9.59 Å². The second-order valence-electron chi connectivity index (χ2n) is 9.75. The Labute approximate surface area is 213 Å². The fourth-order valence-electron chi connectivity index (χ4n) is 5.41. The van der Waals surface area contributed by atoms with Gasteiger partial charge in [0.05, 0.1) is 26.9 Å². The Morgan fingerprint density at radius 2 is 1.50 bits per heavy atom. The summed E-state index contributed by atoms with van der Waals surface area (Å²) in [5.41, 5.74) is 1.30. The van der Waals surface area contributed by atoms with Crippen molar-refractivity contribution in [2.75, 3.05) is 41.0 Å². The van der Waals surface area contributed by atoms with Gasteiger partial charge in [-0.25, -0.2) is 4.79 Å². The van der Waals surface area contributed by atoms with Crippen LogP contribution in [0.2, 0.25) is 0 Å². The molecule has 2 saturated heterocycles. The predicted molar refractivity (Wildman–Crippen MR) is 138 cm³/mol. The molecule has 3 amide bonds. The third-order valence-corrected chi connectivity index (χ3v) is 7.46. The number of benzene rings is 2. The second-order valence-corrected chi connectivity index (χ2v) is 9.75. The minimum absolute atomic E-state index is 0.0632. The Kier molecular flexibility index (Phi) is 7.73. The number of rotatable bonds is 9. The van der Waals surface area contributed by atoms with Gasteiger partial charge in [-0.05, 0) is 62.9 Å². The van der Waals surface area contributed by atoms with Gasteiger partial charge in [0.25, 0.3) is 5.91 Å². The zero-order chi connectivity index (χ0) is 25.9. The summed E-state index contributed by atoms with van der Waals surface area (Å²) in [6, 6.07) is 13.3. The SMILES string of the molecule is COc1ccc(CCN2C(=O)N(C(C)C)C(=O)C23CCN(Cc2c(OC)cccc2OC)CC3)cc1. The number of methoxy groups -OCH3 is 3. The van der Waals surface area contributed by atoms with Crippen molar-refractivity contribution in [2.45, 2.75) is 51.2 Å². The van der Waals surface area contributed by atoms with Crippen LogP contribution in [0, 0.1) is 0 Å². The van der Waals surface area contributed by atoms with Crippen LogP contribution in [-0.4, -0.2) is 79.2 Å². The van der Waals surface area contributed by atoms with Crippen molar-refractivity contribution < 1.29 is 23.8 Å². The van der Waals surface area contributed by atoms with Crippen LogP contribution in [-0.2, 0) is 17.8 Å². The monoisotopic (exact) mass is 495 g/mol. The molecule has 36 heavy (non-hydrogen) atoms. The number of piperidine rings is 1. The minimum atomic E-state index is -0.796. The predicted octanol–water partition coefficient (Wildman–Crippen LogP) is 3.96. The molecular formula is C28H37N3O5. The molecule has 2 aromatic carbocycles. The first-order valence-electron chi connectivity index (χ1n) is 12.5. The number of likely N-dealkylation sites (tertiary alicyclic amines) is 1. The Morgan fingerprint density at radius 3 is 2.03 bits per heavy atom. The molecule has 0 unspecified atom stereocenters. The Morgan fingerprint density at radius 1 is 0.889 bits per heavy atom. The summed E-state index contributed by atoms with van der Waals surface area (Å²) in [5.74, 6) is 2.31. The van der Waals surface area contributed by atoms with Crippen LogP contribution >= 0.6 is 0 Å². The first-order valence-corrected chi connectivity index (χ1v) is 12.5. The van der Waals surface area contributed by atoms with E-state index >= 15 is 0 Å². The van der Waals surface area contributed by atoms with Crippen LogP contribution in [0.1, 0.15) is 37.8 Å². The highest BCUT2D eigenvalue weighted by Crippen LogP contribution is 2.39. The summed E-state index contributed by atoms with van der Waals surface area (Å²) < 4.78 is 16.4. The van der Waals surface area contributed by atoms with E-state index in [4.69, 9.17) is 14.2 Å². The molecule has 2 fully saturated rings. The van der Waals surface area contributed by atoms with Gasteiger partial charge in [0, 0.05) is 32.2 Å². The molecule has 194 valence electrons. The van der Waals surface area contributed by atoms with Crippen molar-refractivity contribution in [1.29, 1.82) is 0 Å². The summed E-state index contributed by atoms with van der Waals surface area (Å²) in [5, 5.41) is 0. The molecule has 2 aliphatic heterocycles. The minimum Gasteiger partial charge on any atom is -0.497 e. The standard InChI is InChI=1S/C28H37N3O5/c1-20(2)31-26(32)28(30(27(31)33)16-13-21-9-11-22(34-3)12-10-21)14-17-29(18-15-28)19-23-24(35-4)7-6-8-25(23)36-5/h6-12,20H,13-19H2,1-5H3. The Balaban J connectivity index is 1.52. The first-order chi connectivity index (χ1) is 17.3. The first kappa shape index (κ1) is 25.8. The number of amides is 3. The van der Waals surface area contributed by atoms with Crippen LogP contribution in [0.5, 0.6) is 17.2 Å². The fourth-order valence-corrected chi connectivity index (χ4v) is 5.41. The zero-order valence-electron chi connectivity index (χ0n) is 22.0. The summed E-state index contributed by atoms with van der Waals surface area (Å²) in [7, 11) is 4.96. The molecule has 2 aromatic rings. The van der Waals surface area contributed by atoms with Crippen molar-refractivity contribution in [2.24, 2.45) is 0 Å². The molecule has 0 bridgehead atoms. The molecule has 2 heterocycles. The van der Waals surface area contributed by atoms with E-state index in [1.807, 2.05) is 61.2 Å². The second kappa shape index (κ2) is 10.8. The smallest absolute Gasteiger partial charge is 0.327 e. The number of ether oxygens (including phenoxy) is 3. The van der Waals surface area contributed by atoms with Gasteiger partial charge >= 0.3 is 6.03 Å². The Bertz CT molecular complexity index is 1050. The molecule has 1 spiro atoms. The molecule has 0 atom stereocenters. The van der Waals surface area contributed by atoms with E-state index in [1.54, 1.807) is 21.3 Å². The number of carbonyl (C=O) groups is 2. The van der Waals surface area contributed by atoms with Gasteiger partial charge < -0.3 is 19.1 Å². The lowest BCUT2D eigenvalue weighted by Crippen LogP contribution is -2.56. The van der Waals surface area contributed by atoms with Crippen molar-refractivity contribution in [3.63, 3.8) is 0 Å². The van der Waals surface area contributed by atoms with Crippen molar-refractivity contribution >= 4 is 11.9 Å². The van der Waals surface area contributed by atoms with Gasteiger partial charge in [-0.15, -0.1) is 0 Å². The lowest BCUT2D eigenvalue weighted by Gasteiger charge is -2.42. The Hall–Kier alpha value is -3.26. The average molecular weight is 496 g/mol. The van der Waals surface area contributed by atoms with Gasteiger partial charge in [0.1, 0.15) is 22.8 Å². The average Bonchev–Trinajstić information content (AvgIpc) is 3.09. The van der Waals surface area contributed by atoms with Gasteiger partial charge in [-0.1, -0.05) is 18.2 Å². The fraction of sp³-hybridized carbons (Fsp3) is 0.500. The quantitative estimate of drug-likeness (QED) is 0.491. The van der Waals surface area contributed by atoms with E-state index in [2.05, 4.69) is 4.90 Å². The van der Waals surface area contributed by atoms with Gasteiger partial charge in [-0.2, -0.15) is 0 Å². The van der Waals surface area contributed by atoms with Crippen molar-refractivity contribution in [3.05, 3.63) is 53.6 Å². The summed E-state index contributed by atoms with van der Waals surface area (Å²) in [6.45, 7) is 6.36. The number of hydrogen-bond donors (Lipinski definition) is 0. The highest BCUT2D eigenvalue weighted by Gasteiger charge is 2.58. The van der Waals surface area contributed by atoms with Crippen molar-refractivity contribution in [1.82, 2.24) is 14.7 Å². The summed E-state index contributed by atoms with van der Waals surface area (Å²) in [6.07, 6.45) is 1.88. The summed E-state index contributed by atoms with van der Waals surface area (Å²) in [4.78, 5) is 32.7. The number of urea groups is 1. The molecule has 4 rings (SSSR count). The normalized spacial score (nSPS) is 17.8. The molecular weight excluding hydrogens is 458 g/mol. The van der Waals surface area contributed by atoms with E-state index in [1.165, 1.54) is 4.90 Å². The van der Waals surface area contributed by atoms with E-state index in [0.29, 0.717) is 45.4 Å². The third-order valence-electron chi connectivity index (χ3n) is 7.46. The molecule has 8 nitrogen and oxygen atoms in total. The van der Waals surface area contributed by atoms with E-state index < -0.39 is 5.54 Å². The maximum atomic E-state index is 13.7. The third kappa shape index (κ3) is 4.74. The molecule has 0 aliphatic carbocycles. The number of imide groups is 1. The molecule has 8 heteroatoms. The van der Waals surface area contributed by atoms with Crippen LogP contribution in [0.4, 0.5) is 4.79 Å². The molecule has 0 saturated carbocycles. The maximum Gasteiger partial charge on any atom is 0.327 e. The van der Waals surface area contributed by atoms with Crippen LogP contribution in [0.3, 0.4) is 0 Å². The summed E-state index contributed by atoms with van der Waals surface area (Å²) >= 11 is 0. The van der Waals surface area contributed by atoms with Gasteiger partial charge in [0.2, 0.25) is 0 Å². The highest BCUT2D eigenvalue weighted by atomic mass is 16.5. The number of nitrogens with zero attached hydrogens (tertiary/aromatic N) is 3. The topological polar surface area (TPSA) is 71.6 Å². The maximum absolute atomic E-state index is 13.7. The number of hydrogen-bond acceptors (Lipinski definition) is 6. The zero-order valence-corrected chi connectivity index (χ0v) is 22.0. The van der Waals surface area contributed by atoms with Crippen LogP contribution < -0.4 is 14.2 Å². The van der Waals surface area contributed by atoms with Crippen LogP contribution in [0.25, 0.3) is 0 Å². The molecule has 0 aromatic heterocycles. The lowest BCUT2D eigenvalue weighted by atomic mass is 9.85. The van der Waals surface area contributed by atoms with Gasteiger partial charge in [0.15, 0.2) is 0 Å². The largest absolute Gasteiger partial charge is 0.497 e. The highest BCUT2D eigenvalue weighted by molar-refractivity contribution is 6.07. The molecule has 0 N–H and O–H groups in total. The van der Waals surface area contributed by atoms with E-state index in [0.717, 1.165) is 28.4 Å². The van der Waals surface area contributed by atoms with E-state index in [-0.39, 0.29) is 18.0 Å². The lowest BCUT2D eigenvalue weighted by molar-refractivity contribution is -0.136.